The van der Waals surface area contributed by atoms with Gasteiger partial charge in [-0.1, -0.05) is 0 Å². The molecule has 0 saturated carbocycles. The molecule has 0 bridgehead atoms. The van der Waals surface area contributed by atoms with E-state index in [-0.39, 0.29) is 11.9 Å². The van der Waals surface area contributed by atoms with Gasteiger partial charge in [0.05, 0.1) is 10.5 Å². The van der Waals surface area contributed by atoms with Crippen molar-refractivity contribution < 1.29 is 4.39 Å². The van der Waals surface area contributed by atoms with Crippen molar-refractivity contribution in [3.63, 3.8) is 0 Å². The zero-order valence-electron chi connectivity index (χ0n) is 10.5. The standard InChI is InChI=1S/C14H15BrFN3/c1-9-4-5-18-8-11(9)14(7-17)19-10-2-3-13(16)12(15)6-10/h2-6,8,14,19H,7,17H2,1H3. The second kappa shape index (κ2) is 6.12. The van der Waals surface area contributed by atoms with Crippen LogP contribution in [0.5, 0.6) is 0 Å². The molecule has 3 nitrogen and oxygen atoms in total. The third kappa shape index (κ3) is 3.30. The molecule has 1 heterocycles. The highest BCUT2D eigenvalue weighted by atomic mass is 79.9. The van der Waals surface area contributed by atoms with Crippen molar-refractivity contribution in [3.8, 4) is 0 Å². The average Bonchev–Trinajstić information content (AvgIpc) is 2.41. The zero-order valence-corrected chi connectivity index (χ0v) is 12.1. The topological polar surface area (TPSA) is 50.9 Å². The number of hydrogen-bond donors (Lipinski definition) is 2. The number of hydrogen-bond acceptors (Lipinski definition) is 3. The van der Waals surface area contributed by atoms with E-state index in [1.54, 1.807) is 24.5 Å². The van der Waals surface area contributed by atoms with Crippen LogP contribution >= 0.6 is 15.9 Å². The van der Waals surface area contributed by atoms with Gasteiger partial charge in [0.2, 0.25) is 0 Å². The molecule has 1 aromatic heterocycles. The van der Waals surface area contributed by atoms with Crippen LogP contribution in [0.4, 0.5) is 10.1 Å². The Bertz CT molecular complexity index is 574. The Morgan fingerprint density at radius 1 is 1.42 bits per heavy atom. The van der Waals surface area contributed by atoms with Crippen LogP contribution in [0.2, 0.25) is 0 Å². The minimum atomic E-state index is -0.285. The number of aryl methyl sites for hydroxylation is 1. The molecule has 0 amide bonds. The predicted octanol–water partition coefficient (Wildman–Crippen LogP) is 3.40. The maximum absolute atomic E-state index is 13.2. The lowest BCUT2D eigenvalue weighted by atomic mass is 10.0. The summed E-state index contributed by atoms with van der Waals surface area (Å²) in [5, 5.41) is 3.29. The molecular weight excluding hydrogens is 309 g/mol. The van der Waals surface area contributed by atoms with Gasteiger partial charge in [0, 0.05) is 24.6 Å². The highest BCUT2D eigenvalue weighted by Crippen LogP contribution is 2.24. The lowest BCUT2D eigenvalue weighted by molar-refractivity contribution is 0.621. The summed E-state index contributed by atoms with van der Waals surface area (Å²) in [6, 6.07) is 6.69. The summed E-state index contributed by atoms with van der Waals surface area (Å²) < 4.78 is 13.6. The normalized spacial score (nSPS) is 12.2. The van der Waals surface area contributed by atoms with Gasteiger partial charge in [-0.2, -0.15) is 0 Å². The van der Waals surface area contributed by atoms with E-state index >= 15 is 0 Å². The van der Waals surface area contributed by atoms with Crippen molar-refractivity contribution in [2.75, 3.05) is 11.9 Å². The number of rotatable bonds is 4. The Hall–Kier alpha value is -1.46. The quantitative estimate of drug-likeness (QED) is 0.906. The van der Waals surface area contributed by atoms with Crippen molar-refractivity contribution in [3.05, 3.63) is 58.1 Å². The molecule has 1 unspecified atom stereocenters. The third-order valence-corrected chi connectivity index (χ3v) is 3.56. The van der Waals surface area contributed by atoms with E-state index in [2.05, 4.69) is 26.2 Å². The van der Waals surface area contributed by atoms with Crippen LogP contribution in [-0.2, 0) is 0 Å². The number of nitrogens with zero attached hydrogens (tertiary/aromatic N) is 1. The van der Waals surface area contributed by atoms with Crippen molar-refractivity contribution in [1.82, 2.24) is 4.98 Å². The van der Waals surface area contributed by atoms with E-state index in [1.165, 1.54) is 6.07 Å². The molecule has 2 aromatic rings. The molecule has 0 saturated heterocycles. The number of pyridine rings is 1. The first-order valence-electron chi connectivity index (χ1n) is 5.94. The van der Waals surface area contributed by atoms with Crippen LogP contribution in [0.3, 0.4) is 0 Å². The molecule has 5 heteroatoms. The molecule has 0 radical (unpaired) electrons. The fourth-order valence-corrected chi connectivity index (χ4v) is 2.27. The average molecular weight is 324 g/mol. The number of nitrogens with two attached hydrogens (primary N) is 1. The Morgan fingerprint density at radius 2 is 2.21 bits per heavy atom. The van der Waals surface area contributed by atoms with Crippen LogP contribution < -0.4 is 11.1 Å². The number of aromatic nitrogens is 1. The van der Waals surface area contributed by atoms with Crippen molar-refractivity contribution in [1.29, 1.82) is 0 Å². The van der Waals surface area contributed by atoms with Crippen LogP contribution in [0.15, 0.2) is 41.1 Å². The molecule has 0 spiro atoms. The van der Waals surface area contributed by atoms with Gasteiger partial charge in [-0.3, -0.25) is 4.98 Å². The second-order valence-electron chi connectivity index (χ2n) is 4.29. The smallest absolute Gasteiger partial charge is 0.137 e. The van der Waals surface area contributed by atoms with Gasteiger partial charge in [-0.15, -0.1) is 0 Å². The van der Waals surface area contributed by atoms with Gasteiger partial charge in [0.25, 0.3) is 0 Å². The van der Waals surface area contributed by atoms with Crippen molar-refractivity contribution in [2.45, 2.75) is 13.0 Å². The minimum absolute atomic E-state index is 0.0499. The maximum Gasteiger partial charge on any atom is 0.137 e. The van der Waals surface area contributed by atoms with Gasteiger partial charge in [-0.05, 0) is 58.2 Å². The largest absolute Gasteiger partial charge is 0.377 e. The first kappa shape index (κ1) is 14.0. The van der Waals surface area contributed by atoms with Crippen LogP contribution in [-0.4, -0.2) is 11.5 Å². The van der Waals surface area contributed by atoms with E-state index in [0.29, 0.717) is 11.0 Å². The molecule has 3 N–H and O–H groups in total. The predicted molar refractivity (Wildman–Crippen MR) is 78.5 cm³/mol. The molecule has 2 rings (SSSR count). The molecular formula is C14H15BrFN3. The Morgan fingerprint density at radius 3 is 2.84 bits per heavy atom. The molecule has 100 valence electrons. The summed E-state index contributed by atoms with van der Waals surface area (Å²) in [4.78, 5) is 4.12. The highest BCUT2D eigenvalue weighted by Gasteiger charge is 2.12. The molecule has 19 heavy (non-hydrogen) atoms. The fourth-order valence-electron chi connectivity index (χ4n) is 1.89. The van der Waals surface area contributed by atoms with Crippen molar-refractivity contribution in [2.24, 2.45) is 5.73 Å². The molecule has 0 aliphatic carbocycles. The molecule has 0 aliphatic heterocycles. The number of benzene rings is 1. The first-order valence-corrected chi connectivity index (χ1v) is 6.73. The summed E-state index contributed by atoms with van der Waals surface area (Å²) >= 11 is 3.17. The molecule has 0 fully saturated rings. The van der Waals surface area contributed by atoms with Gasteiger partial charge in [0.15, 0.2) is 0 Å². The lowest BCUT2D eigenvalue weighted by Crippen LogP contribution is -2.21. The Balaban J connectivity index is 2.24. The first-order chi connectivity index (χ1) is 9.11. The minimum Gasteiger partial charge on any atom is -0.377 e. The number of nitrogens with one attached hydrogen (secondary N) is 1. The molecule has 1 atom stereocenters. The summed E-state index contributed by atoms with van der Waals surface area (Å²) in [5.41, 5.74) is 8.80. The summed E-state index contributed by atoms with van der Waals surface area (Å²) in [7, 11) is 0. The Labute approximate surface area is 120 Å². The second-order valence-corrected chi connectivity index (χ2v) is 5.15. The molecule has 0 aliphatic rings. The van der Waals surface area contributed by atoms with Crippen LogP contribution in [0.25, 0.3) is 0 Å². The van der Waals surface area contributed by atoms with Gasteiger partial charge >= 0.3 is 0 Å². The summed E-state index contributed by atoms with van der Waals surface area (Å²) in [6.45, 7) is 2.45. The third-order valence-electron chi connectivity index (χ3n) is 2.95. The SMILES string of the molecule is Cc1ccncc1C(CN)Nc1ccc(F)c(Br)c1. The van der Waals surface area contributed by atoms with Gasteiger partial charge < -0.3 is 11.1 Å². The summed E-state index contributed by atoms with van der Waals surface area (Å²) in [5.74, 6) is -0.285. The number of anilines is 1. The zero-order chi connectivity index (χ0) is 13.8. The van der Waals surface area contributed by atoms with Crippen LogP contribution in [0, 0.1) is 12.7 Å². The Kier molecular flexibility index (Phi) is 4.50. The van der Waals surface area contributed by atoms with Gasteiger partial charge in [-0.25, -0.2) is 4.39 Å². The lowest BCUT2D eigenvalue weighted by Gasteiger charge is -2.20. The summed E-state index contributed by atoms with van der Waals surface area (Å²) in [6.07, 6.45) is 3.55. The van der Waals surface area contributed by atoms with E-state index in [9.17, 15) is 4.39 Å². The number of halogens is 2. The van der Waals surface area contributed by atoms with E-state index < -0.39 is 0 Å². The van der Waals surface area contributed by atoms with Crippen LogP contribution in [0.1, 0.15) is 17.2 Å². The monoisotopic (exact) mass is 323 g/mol. The highest BCUT2D eigenvalue weighted by molar-refractivity contribution is 9.10. The van der Waals surface area contributed by atoms with Gasteiger partial charge in [0.1, 0.15) is 5.82 Å². The molecule has 1 aromatic carbocycles. The van der Waals surface area contributed by atoms with E-state index in [4.69, 9.17) is 5.73 Å². The van der Waals surface area contributed by atoms with E-state index in [0.717, 1.165) is 16.8 Å². The van der Waals surface area contributed by atoms with Crippen molar-refractivity contribution >= 4 is 21.6 Å². The maximum atomic E-state index is 13.2. The van der Waals surface area contributed by atoms with E-state index in [1.807, 2.05) is 13.0 Å². The fraction of sp³-hybridized carbons (Fsp3) is 0.214.